The third kappa shape index (κ3) is 4.45. The van der Waals surface area contributed by atoms with Crippen molar-refractivity contribution in [1.82, 2.24) is 15.0 Å². The lowest BCUT2D eigenvalue weighted by molar-refractivity contribution is 0.0526. The number of benzene rings is 2. The Labute approximate surface area is 204 Å². The Morgan fingerprint density at radius 2 is 1.82 bits per heavy atom. The summed E-state index contributed by atoms with van der Waals surface area (Å²) in [5, 5.41) is 3.79. The molecule has 0 atom stereocenters. The Morgan fingerprint density at radius 1 is 1.09 bits per heavy atom. The molecule has 2 N–H and O–H groups in total. The molecule has 4 aromatic rings. The van der Waals surface area contributed by atoms with Gasteiger partial charge in [0.1, 0.15) is 5.82 Å². The minimum absolute atomic E-state index is 0.146. The number of fused-ring (bicyclic) bond motifs is 1. The lowest BCUT2D eigenvalue weighted by Crippen LogP contribution is -2.16. The van der Waals surface area contributed by atoms with Crippen LogP contribution >= 0.6 is 35.4 Å². The number of ether oxygens (including phenoxy) is 1. The van der Waals surface area contributed by atoms with Crippen LogP contribution in [0.2, 0.25) is 10.0 Å². The van der Waals surface area contributed by atoms with E-state index in [0.29, 0.717) is 32.8 Å². The van der Waals surface area contributed by atoms with Crippen molar-refractivity contribution in [3.63, 3.8) is 0 Å². The molecule has 2 heterocycles. The summed E-state index contributed by atoms with van der Waals surface area (Å²) < 4.78 is 5.20. The SMILES string of the molecule is CCOC(=O)c1cnc2c(NC(=O)c3c(Cl)cccc3Cl)cccc2c1C(=S)c1ncc[nH]1. The predicted molar refractivity (Wildman–Crippen MR) is 132 cm³/mol. The highest BCUT2D eigenvalue weighted by molar-refractivity contribution is 7.81. The van der Waals surface area contributed by atoms with Crippen LogP contribution in [0.1, 0.15) is 39.0 Å². The molecule has 0 saturated heterocycles. The van der Waals surface area contributed by atoms with Crippen molar-refractivity contribution in [2.24, 2.45) is 0 Å². The number of pyridine rings is 1. The van der Waals surface area contributed by atoms with E-state index in [0.717, 1.165) is 0 Å². The fraction of sp³-hybridized carbons (Fsp3) is 0.0870. The number of aromatic nitrogens is 3. The van der Waals surface area contributed by atoms with Gasteiger partial charge in [-0.05, 0) is 25.1 Å². The molecule has 0 radical (unpaired) electrons. The zero-order chi connectivity index (χ0) is 23.5. The molecule has 0 aliphatic rings. The Bertz CT molecular complexity index is 1370. The number of imidazole rings is 1. The highest BCUT2D eigenvalue weighted by Crippen LogP contribution is 2.31. The molecule has 0 aliphatic heterocycles. The van der Waals surface area contributed by atoms with Crippen molar-refractivity contribution in [2.45, 2.75) is 6.92 Å². The van der Waals surface area contributed by atoms with Crippen molar-refractivity contribution in [2.75, 3.05) is 11.9 Å². The number of halogens is 2. The van der Waals surface area contributed by atoms with Gasteiger partial charge >= 0.3 is 5.97 Å². The van der Waals surface area contributed by atoms with Crippen LogP contribution in [0.4, 0.5) is 5.69 Å². The lowest BCUT2D eigenvalue weighted by atomic mass is 9.99. The van der Waals surface area contributed by atoms with E-state index in [9.17, 15) is 9.59 Å². The van der Waals surface area contributed by atoms with E-state index in [1.54, 1.807) is 55.7 Å². The summed E-state index contributed by atoms with van der Waals surface area (Å²) in [6, 6.07) is 9.97. The fourth-order valence-electron chi connectivity index (χ4n) is 3.34. The van der Waals surface area contributed by atoms with Gasteiger partial charge in [0.15, 0.2) is 0 Å². The molecule has 7 nitrogen and oxygen atoms in total. The molecule has 4 rings (SSSR count). The Morgan fingerprint density at radius 3 is 2.48 bits per heavy atom. The molecule has 0 saturated carbocycles. The van der Waals surface area contributed by atoms with E-state index in [1.165, 1.54) is 6.20 Å². The second-order valence-corrected chi connectivity index (χ2v) is 8.01. The Balaban J connectivity index is 1.86. The van der Waals surface area contributed by atoms with Gasteiger partial charge in [0.25, 0.3) is 5.91 Å². The van der Waals surface area contributed by atoms with Crippen LogP contribution in [0.25, 0.3) is 10.9 Å². The van der Waals surface area contributed by atoms with Gasteiger partial charge in [0.05, 0.1) is 43.8 Å². The number of esters is 1. The average Bonchev–Trinajstić information content (AvgIpc) is 3.33. The number of carbonyl (C=O) groups is 2. The second kappa shape index (κ2) is 9.66. The smallest absolute Gasteiger partial charge is 0.340 e. The van der Waals surface area contributed by atoms with E-state index in [1.807, 2.05) is 0 Å². The number of thiocarbonyl (C=S) groups is 1. The fourth-order valence-corrected chi connectivity index (χ4v) is 4.24. The maximum Gasteiger partial charge on any atom is 0.340 e. The summed E-state index contributed by atoms with van der Waals surface area (Å²) >= 11 is 18.0. The third-order valence-electron chi connectivity index (χ3n) is 4.77. The van der Waals surface area contributed by atoms with Crippen LogP contribution in [0, 0.1) is 0 Å². The third-order valence-corrected chi connectivity index (χ3v) is 5.80. The monoisotopic (exact) mass is 498 g/mol. The number of aromatic amines is 1. The maximum atomic E-state index is 12.9. The van der Waals surface area contributed by atoms with Gasteiger partial charge in [-0.3, -0.25) is 9.78 Å². The van der Waals surface area contributed by atoms with E-state index in [-0.39, 0.29) is 27.8 Å². The number of anilines is 1. The quantitative estimate of drug-likeness (QED) is 0.208. The zero-order valence-corrected chi connectivity index (χ0v) is 19.5. The average molecular weight is 499 g/mol. The van der Waals surface area contributed by atoms with Crippen molar-refractivity contribution in [3.8, 4) is 0 Å². The first-order valence-electron chi connectivity index (χ1n) is 9.80. The summed E-state index contributed by atoms with van der Waals surface area (Å²) in [7, 11) is 0. The molecular weight excluding hydrogens is 483 g/mol. The molecule has 33 heavy (non-hydrogen) atoms. The van der Waals surface area contributed by atoms with E-state index in [4.69, 9.17) is 40.2 Å². The maximum absolute atomic E-state index is 12.9. The molecule has 0 aliphatic carbocycles. The second-order valence-electron chi connectivity index (χ2n) is 6.79. The highest BCUT2D eigenvalue weighted by atomic mass is 35.5. The van der Waals surface area contributed by atoms with E-state index in [2.05, 4.69) is 20.3 Å². The van der Waals surface area contributed by atoms with Crippen LogP contribution in [-0.2, 0) is 4.74 Å². The minimum atomic E-state index is -0.562. The first-order valence-corrected chi connectivity index (χ1v) is 11.0. The number of hydrogen-bond donors (Lipinski definition) is 2. The normalized spacial score (nSPS) is 10.8. The summed E-state index contributed by atoms with van der Waals surface area (Å²) in [6.07, 6.45) is 4.57. The molecule has 166 valence electrons. The van der Waals surface area contributed by atoms with Crippen LogP contribution < -0.4 is 5.32 Å². The van der Waals surface area contributed by atoms with Gasteiger partial charge in [0, 0.05) is 29.5 Å². The van der Waals surface area contributed by atoms with Crippen LogP contribution in [0.15, 0.2) is 55.0 Å². The molecule has 0 bridgehead atoms. The van der Waals surface area contributed by atoms with Gasteiger partial charge < -0.3 is 15.0 Å². The van der Waals surface area contributed by atoms with Crippen LogP contribution in [-0.4, -0.2) is 38.3 Å². The zero-order valence-electron chi connectivity index (χ0n) is 17.2. The van der Waals surface area contributed by atoms with Crippen molar-refractivity contribution in [1.29, 1.82) is 0 Å². The summed E-state index contributed by atoms with van der Waals surface area (Å²) in [5.74, 6) is -0.641. The van der Waals surface area contributed by atoms with Gasteiger partial charge in [-0.25, -0.2) is 9.78 Å². The number of nitrogens with zero attached hydrogens (tertiary/aromatic N) is 2. The lowest BCUT2D eigenvalue weighted by Gasteiger charge is -2.15. The Hall–Kier alpha value is -3.33. The van der Waals surface area contributed by atoms with Crippen molar-refractivity contribution >= 4 is 68.8 Å². The molecule has 2 aromatic carbocycles. The first-order chi connectivity index (χ1) is 15.9. The summed E-state index contributed by atoms with van der Waals surface area (Å²) in [5.41, 5.74) is 1.59. The summed E-state index contributed by atoms with van der Waals surface area (Å²) in [6.45, 7) is 1.91. The largest absolute Gasteiger partial charge is 0.462 e. The van der Waals surface area contributed by atoms with Crippen molar-refractivity contribution in [3.05, 3.63) is 87.5 Å². The molecular formula is C23H16Cl2N4O3S. The number of carbonyl (C=O) groups excluding carboxylic acids is 2. The van der Waals surface area contributed by atoms with Gasteiger partial charge in [-0.1, -0.05) is 53.6 Å². The number of hydrogen-bond acceptors (Lipinski definition) is 6. The molecule has 2 aromatic heterocycles. The standard InChI is InChI=1S/C23H16Cl2N4O3S/c1-2-32-23(31)13-11-28-19-12(17(13)20(33)21-26-9-10-27-21)5-3-8-16(19)29-22(30)18-14(24)6-4-7-15(18)25/h3-11H,2H2,1H3,(H,26,27)(H,29,30). The predicted octanol–water partition coefficient (Wildman–Crippen LogP) is 5.46. The Kier molecular flexibility index (Phi) is 6.69. The molecule has 1 amide bonds. The van der Waals surface area contributed by atoms with Gasteiger partial charge in [0.2, 0.25) is 0 Å². The van der Waals surface area contributed by atoms with Crippen molar-refractivity contribution < 1.29 is 14.3 Å². The molecule has 0 fully saturated rings. The van der Waals surface area contributed by atoms with Gasteiger partial charge in [-0.2, -0.15) is 0 Å². The number of amides is 1. The molecule has 0 unspecified atom stereocenters. The number of para-hydroxylation sites is 1. The van der Waals surface area contributed by atoms with E-state index >= 15 is 0 Å². The van der Waals surface area contributed by atoms with Crippen LogP contribution in [0.3, 0.4) is 0 Å². The highest BCUT2D eigenvalue weighted by Gasteiger charge is 2.23. The van der Waals surface area contributed by atoms with Gasteiger partial charge in [-0.15, -0.1) is 0 Å². The molecule has 0 spiro atoms. The number of nitrogens with one attached hydrogen (secondary N) is 2. The molecule has 10 heteroatoms. The van der Waals surface area contributed by atoms with E-state index < -0.39 is 11.9 Å². The topological polar surface area (TPSA) is 97.0 Å². The number of rotatable bonds is 6. The first kappa shape index (κ1) is 22.8. The summed E-state index contributed by atoms with van der Waals surface area (Å²) in [4.78, 5) is 37.5. The van der Waals surface area contributed by atoms with Crippen LogP contribution in [0.5, 0.6) is 0 Å². The number of H-pyrrole nitrogens is 1. The minimum Gasteiger partial charge on any atom is -0.462 e.